The molecule has 19 heavy (non-hydrogen) atoms. The van der Waals surface area contributed by atoms with Crippen LogP contribution in [0, 0.1) is 5.82 Å². The van der Waals surface area contributed by atoms with Gasteiger partial charge in [-0.1, -0.05) is 18.2 Å². The topological polar surface area (TPSA) is 42.1 Å². The zero-order valence-corrected chi connectivity index (χ0v) is 11.2. The van der Waals surface area contributed by atoms with Crippen LogP contribution >= 0.6 is 0 Å². The number of para-hydroxylation sites is 1. The van der Waals surface area contributed by atoms with E-state index in [0.29, 0.717) is 12.2 Å². The molecule has 0 saturated carbocycles. The third-order valence-corrected chi connectivity index (χ3v) is 3.03. The fourth-order valence-corrected chi connectivity index (χ4v) is 2.15. The normalized spacial score (nSPS) is 12.2. The van der Waals surface area contributed by atoms with E-state index in [1.54, 1.807) is 18.5 Å². The first kappa shape index (κ1) is 13.5. The number of benzene rings is 1. The Hall–Kier alpha value is -1.94. The van der Waals surface area contributed by atoms with E-state index in [9.17, 15) is 4.39 Å². The Bertz CT molecular complexity index is 540. The number of anilines is 1. The third-order valence-electron chi connectivity index (χ3n) is 3.03. The molecule has 3 nitrogen and oxygen atoms in total. The van der Waals surface area contributed by atoms with Crippen molar-refractivity contribution < 1.29 is 4.39 Å². The summed E-state index contributed by atoms with van der Waals surface area (Å²) in [5.74, 6) is -0.249. The van der Waals surface area contributed by atoms with E-state index in [4.69, 9.17) is 5.73 Å². The Morgan fingerprint density at radius 3 is 2.74 bits per heavy atom. The van der Waals surface area contributed by atoms with Crippen LogP contribution in [0.15, 0.2) is 42.7 Å². The smallest absolute Gasteiger partial charge is 0.146 e. The number of aromatic nitrogens is 1. The van der Waals surface area contributed by atoms with Gasteiger partial charge < -0.3 is 10.6 Å². The lowest BCUT2D eigenvalue weighted by atomic mass is 10.1. The van der Waals surface area contributed by atoms with Gasteiger partial charge in [0.15, 0.2) is 0 Å². The lowest BCUT2D eigenvalue weighted by Crippen LogP contribution is -2.21. The van der Waals surface area contributed by atoms with Crippen molar-refractivity contribution in [2.24, 2.45) is 5.73 Å². The van der Waals surface area contributed by atoms with Crippen molar-refractivity contribution in [2.45, 2.75) is 19.5 Å². The molecule has 2 rings (SSSR count). The fraction of sp³-hybridized carbons (Fsp3) is 0.267. The van der Waals surface area contributed by atoms with Crippen LogP contribution in [0.1, 0.15) is 24.1 Å². The Kier molecular flexibility index (Phi) is 4.12. The van der Waals surface area contributed by atoms with Gasteiger partial charge in [0, 0.05) is 32.0 Å². The van der Waals surface area contributed by atoms with Crippen LogP contribution in [0.5, 0.6) is 0 Å². The lowest BCUT2D eigenvalue weighted by Gasteiger charge is -2.24. The van der Waals surface area contributed by atoms with Crippen LogP contribution in [0.25, 0.3) is 0 Å². The van der Waals surface area contributed by atoms with Crippen LogP contribution < -0.4 is 10.6 Å². The molecule has 1 heterocycles. The molecule has 1 atom stereocenters. The van der Waals surface area contributed by atoms with Crippen molar-refractivity contribution in [3.05, 3.63) is 59.7 Å². The highest BCUT2D eigenvalue weighted by Crippen LogP contribution is 2.28. The predicted octanol–water partition coefficient (Wildman–Crippen LogP) is 2.88. The maximum Gasteiger partial charge on any atom is 0.146 e. The second kappa shape index (κ2) is 5.80. The molecule has 0 fully saturated rings. The van der Waals surface area contributed by atoms with Crippen LogP contribution in [0.4, 0.5) is 10.1 Å². The molecule has 0 unspecified atom stereocenters. The molecule has 0 saturated heterocycles. The molecule has 0 aliphatic carbocycles. The molecule has 4 heteroatoms. The molecule has 1 aromatic heterocycles. The second-order valence-electron chi connectivity index (χ2n) is 4.68. The van der Waals surface area contributed by atoms with Crippen molar-refractivity contribution in [3.63, 3.8) is 0 Å². The summed E-state index contributed by atoms with van der Waals surface area (Å²) in [7, 11) is 1.86. The zero-order valence-electron chi connectivity index (χ0n) is 11.2. The molecule has 2 aromatic rings. The Morgan fingerprint density at radius 2 is 2.11 bits per heavy atom. The van der Waals surface area contributed by atoms with E-state index in [1.165, 1.54) is 6.07 Å². The molecule has 0 bridgehead atoms. The van der Waals surface area contributed by atoms with Crippen molar-refractivity contribution in [1.82, 2.24) is 4.98 Å². The molecule has 0 aliphatic heterocycles. The minimum atomic E-state index is -0.249. The third kappa shape index (κ3) is 3.09. The van der Waals surface area contributed by atoms with Gasteiger partial charge in [-0.05, 0) is 30.2 Å². The Labute approximate surface area is 112 Å². The maximum absolute atomic E-state index is 14.1. The fourth-order valence-electron chi connectivity index (χ4n) is 2.15. The van der Waals surface area contributed by atoms with E-state index in [2.05, 4.69) is 4.98 Å². The molecule has 100 valence electrons. The largest absolute Gasteiger partial charge is 0.368 e. The van der Waals surface area contributed by atoms with Gasteiger partial charge in [-0.15, -0.1) is 0 Å². The molecule has 0 aliphatic rings. The number of nitrogens with zero attached hydrogens (tertiary/aromatic N) is 2. The summed E-state index contributed by atoms with van der Waals surface area (Å²) in [5.41, 5.74) is 8.31. The first-order chi connectivity index (χ1) is 9.09. The van der Waals surface area contributed by atoms with E-state index in [-0.39, 0.29) is 11.9 Å². The van der Waals surface area contributed by atoms with Gasteiger partial charge in [0.25, 0.3) is 0 Å². The molecular formula is C15H18FN3. The number of hydrogen-bond donors (Lipinski definition) is 1. The summed E-state index contributed by atoms with van der Waals surface area (Å²) >= 11 is 0. The second-order valence-corrected chi connectivity index (χ2v) is 4.68. The van der Waals surface area contributed by atoms with E-state index < -0.39 is 0 Å². The van der Waals surface area contributed by atoms with Crippen molar-refractivity contribution in [3.8, 4) is 0 Å². The number of pyridine rings is 1. The molecule has 2 N–H and O–H groups in total. The summed E-state index contributed by atoms with van der Waals surface area (Å²) < 4.78 is 14.1. The van der Waals surface area contributed by atoms with Crippen LogP contribution in [0.2, 0.25) is 0 Å². The summed E-state index contributed by atoms with van der Waals surface area (Å²) in [6.07, 6.45) is 3.50. The van der Waals surface area contributed by atoms with Crippen LogP contribution in [-0.2, 0) is 6.54 Å². The van der Waals surface area contributed by atoms with Gasteiger partial charge in [0.2, 0.25) is 0 Å². The van der Waals surface area contributed by atoms with Gasteiger partial charge >= 0.3 is 0 Å². The van der Waals surface area contributed by atoms with Gasteiger partial charge in [0.05, 0.1) is 5.69 Å². The van der Waals surface area contributed by atoms with E-state index in [0.717, 1.165) is 11.1 Å². The molecule has 0 radical (unpaired) electrons. The zero-order chi connectivity index (χ0) is 13.8. The Balaban J connectivity index is 2.31. The minimum Gasteiger partial charge on any atom is -0.368 e. The van der Waals surface area contributed by atoms with Crippen LogP contribution in [-0.4, -0.2) is 12.0 Å². The minimum absolute atomic E-state index is 0.206. The molecule has 0 amide bonds. The highest BCUT2D eigenvalue weighted by atomic mass is 19.1. The number of hydrogen-bond acceptors (Lipinski definition) is 3. The van der Waals surface area contributed by atoms with Crippen molar-refractivity contribution >= 4 is 5.69 Å². The summed E-state index contributed by atoms with van der Waals surface area (Å²) in [6, 6.07) is 8.65. The SMILES string of the molecule is C[C@H](N)c1cccc(F)c1N(C)Cc1cccnc1. The number of rotatable bonds is 4. The van der Waals surface area contributed by atoms with Crippen molar-refractivity contribution in [2.75, 3.05) is 11.9 Å². The highest BCUT2D eigenvalue weighted by Gasteiger charge is 2.15. The first-order valence-electron chi connectivity index (χ1n) is 6.23. The predicted molar refractivity (Wildman–Crippen MR) is 75.3 cm³/mol. The first-order valence-corrected chi connectivity index (χ1v) is 6.23. The monoisotopic (exact) mass is 259 g/mol. The summed E-state index contributed by atoms with van der Waals surface area (Å²) in [6.45, 7) is 2.45. The number of halogens is 1. The molecule has 0 spiro atoms. The van der Waals surface area contributed by atoms with Gasteiger partial charge in [0.1, 0.15) is 5.82 Å². The lowest BCUT2D eigenvalue weighted by molar-refractivity contribution is 0.616. The van der Waals surface area contributed by atoms with Gasteiger partial charge in [-0.3, -0.25) is 4.98 Å². The van der Waals surface area contributed by atoms with Crippen molar-refractivity contribution in [1.29, 1.82) is 0 Å². The highest BCUT2D eigenvalue weighted by molar-refractivity contribution is 5.55. The van der Waals surface area contributed by atoms with E-state index >= 15 is 0 Å². The number of nitrogens with two attached hydrogens (primary N) is 1. The average Bonchev–Trinajstić information content (AvgIpc) is 2.39. The van der Waals surface area contributed by atoms with E-state index in [1.807, 2.05) is 37.1 Å². The molecular weight excluding hydrogens is 241 g/mol. The molecule has 1 aromatic carbocycles. The van der Waals surface area contributed by atoms with Gasteiger partial charge in [-0.2, -0.15) is 0 Å². The average molecular weight is 259 g/mol. The Morgan fingerprint density at radius 1 is 1.32 bits per heavy atom. The quantitative estimate of drug-likeness (QED) is 0.918. The van der Waals surface area contributed by atoms with Gasteiger partial charge in [-0.25, -0.2) is 4.39 Å². The summed E-state index contributed by atoms with van der Waals surface area (Å²) in [4.78, 5) is 5.93. The van der Waals surface area contributed by atoms with Crippen LogP contribution in [0.3, 0.4) is 0 Å². The summed E-state index contributed by atoms with van der Waals surface area (Å²) in [5, 5.41) is 0. The maximum atomic E-state index is 14.1. The standard InChI is InChI=1S/C15H18FN3/c1-11(17)13-6-3-7-14(16)15(13)19(2)10-12-5-4-8-18-9-12/h3-9,11H,10,17H2,1-2H3/t11-/m0/s1.